The Morgan fingerprint density at radius 3 is 2.04 bits per heavy atom. The van der Waals surface area contributed by atoms with E-state index in [0.717, 1.165) is 11.1 Å². The van der Waals surface area contributed by atoms with Crippen molar-refractivity contribution in [3.63, 3.8) is 0 Å². The number of hydrogen-bond donors (Lipinski definition) is 2. The maximum Gasteiger partial charge on any atom is 0.407 e. The number of benzene rings is 2. The van der Waals surface area contributed by atoms with Gasteiger partial charge in [-0.2, -0.15) is 0 Å². The summed E-state index contributed by atoms with van der Waals surface area (Å²) in [5.41, 5.74) is 4.64. The summed E-state index contributed by atoms with van der Waals surface area (Å²) in [6, 6.07) is 15.8. The molecule has 1 unspecified atom stereocenters. The first-order valence-corrected chi connectivity index (χ1v) is 9.71. The summed E-state index contributed by atoms with van der Waals surface area (Å²) < 4.78 is 5.54. The van der Waals surface area contributed by atoms with Crippen LogP contribution >= 0.6 is 0 Å². The first-order chi connectivity index (χ1) is 13.4. The third kappa shape index (κ3) is 4.19. The second-order valence-corrected chi connectivity index (χ2v) is 7.78. The third-order valence-corrected chi connectivity index (χ3v) is 5.73. The van der Waals surface area contributed by atoms with Crippen LogP contribution in [0.5, 0.6) is 0 Å². The highest BCUT2D eigenvalue weighted by molar-refractivity contribution is 5.79. The number of aliphatic carboxylic acids is 1. The quantitative estimate of drug-likeness (QED) is 0.731. The average molecular weight is 381 g/mol. The van der Waals surface area contributed by atoms with Gasteiger partial charge in [-0.1, -0.05) is 69.3 Å². The zero-order valence-electron chi connectivity index (χ0n) is 16.5. The molecule has 1 aliphatic rings. The Morgan fingerprint density at radius 2 is 1.54 bits per heavy atom. The number of amides is 1. The molecule has 1 amide bonds. The molecule has 2 N–H and O–H groups in total. The predicted octanol–water partition coefficient (Wildman–Crippen LogP) is 4.66. The lowest BCUT2D eigenvalue weighted by Gasteiger charge is -2.26. The molecule has 0 saturated heterocycles. The SMILES string of the molecule is CC(C)C(C)[C@@H](CC(=O)O)NC(=O)OCC1c2ccccc2-c2ccccc21. The first-order valence-electron chi connectivity index (χ1n) is 9.71. The number of ether oxygens (including phenoxy) is 1. The molecule has 0 spiro atoms. The Kier molecular flexibility index (Phi) is 6.02. The Morgan fingerprint density at radius 1 is 1.00 bits per heavy atom. The topological polar surface area (TPSA) is 75.6 Å². The lowest BCUT2D eigenvalue weighted by Crippen LogP contribution is -2.43. The number of hydrogen-bond acceptors (Lipinski definition) is 3. The first kappa shape index (κ1) is 19.9. The van der Waals surface area contributed by atoms with E-state index in [-0.39, 0.29) is 30.8 Å². The summed E-state index contributed by atoms with van der Waals surface area (Å²) in [5, 5.41) is 11.9. The Labute approximate surface area is 165 Å². The van der Waals surface area contributed by atoms with Crippen LogP contribution in [0.4, 0.5) is 4.79 Å². The standard InChI is InChI=1S/C23H27NO4/c1-14(2)15(3)21(12-22(25)26)24-23(27)28-13-20-18-10-6-4-8-16(18)17-9-5-7-11-19(17)20/h4-11,14-15,20-21H,12-13H2,1-3H3,(H,24,27)(H,25,26)/t15?,21-/m1/s1. The molecule has 3 rings (SSSR count). The number of fused-ring (bicyclic) bond motifs is 3. The molecule has 0 radical (unpaired) electrons. The minimum atomic E-state index is -0.934. The summed E-state index contributed by atoms with van der Waals surface area (Å²) in [6.45, 7) is 6.19. The van der Waals surface area contributed by atoms with Gasteiger partial charge in [-0.15, -0.1) is 0 Å². The van der Waals surface area contributed by atoms with E-state index >= 15 is 0 Å². The van der Waals surface area contributed by atoms with E-state index in [4.69, 9.17) is 9.84 Å². The molecule has 28 heavy (non-hydrogen) atoms. The van der Waals surface area contributed by atoms with Gasteiger partial charge < -0.3 is 15.2 Å². The highest BCUT2D eigenvalue weighted by Crippen LogP contribution is 2.44. The van der Waals surface area contributed by atoms with Crippen molar-refractivity contribution >= 4 is 12.1 Å². The van der Waals surface area contributed by atoms with Crippen LogP contribution in [0.3, 0.4) is 0 Å². The number of carboxylic acids is 1. The minimum Gasteiger partial charge on any atom is -0.481 e. The van der Waals surface area contributed by atoms with Crippen LogP contribution < -0.4 is 5.32 Å². The number of carbonyl (C=O) groups is 2. The van der Waals surface area contributed by atoms with Crippen LogP contribution in [-0.4, -0.2) is 29.8 Å². The van der Waals surface area contributed by atoms with E-state index in [0.29, 0.717) is 0 Å². The van der Waals surface area contributed by atoms with Crippen LogP contribution in [0.2, 0.25) is 0 Å². The van der Waals surface area contributed by atoms with Crippen molar-refractivity contribution in [1.82, 2.24) is 5.32 Å². The third-order valence-electron chi connectivity index (χ3n) is 5.73. The number of nitrogens with one attached hydrogen (secondary N) is 1. The molecular weight excluding hydrogens is 354 g/mol. The van der Waals surface area contributed by atoms with Crippen molar-refractivity contribution in [2.45, 2.75) is 39.2 Å². The van der Waals surface area contributed by atoms with Crippen LogP contribution in [0.1, 0.15) is 44.2 Å². The molecule has 0 aliphatic heterocycles. The molecule has 148 valence electrons. The van der Waals surface area contributed by atoms with E-state index < -0.39 is 18.1 Å². The van der Waals surface area contributed by atoms with Crippen molar-refractivity contribution < 1.29 is 19.4 Å². The fourth-order valence-corrected chi connectivity index (χ4v) is 3.81. The highest BCUT2D eigenvalue weighted by Gasteiger charge is 2.30. The zero-order chi connectivity index (χ0) is 20.3. The molecule has 1 aliphatic carbocycles. The maximum atomic E-state index is 12.4. The van der Waals surface area contributed by atoms with Crippen molar-refractivity contribution in [3.8, 4) is 11.1 Å². The number of carbonyl (C=O) groups excluding carboxylic acids is 1. The van der Waals surface area contributed by atoms with Gasteiger partial charge in [0.25, 0.3) is 0 Å². The molecular formula is C23H27NO4. The molecule has 0 saturated carbocycles. The summed E-state index contributed by atoms with van der Waals surface area (Å²) >= 11 is 0. The molecule has 2 atom stereocenters. The summed E-state index contributed by atoms with van der Waals surface area (Å²) in [6.07, 6.45) is -0.690. The van der Waals surface area contributed by atoms with Crippen LogP contribution in [0, 0.1) is 11.8 Å². The smallest absolute Gasteiger partial charge is 0.407 e. The minimum absolute atomic E-state index is 0.0152. The fraction of sp³-hybridized carbons (Fsp3) is 0.391. The Balaban J connectivity index is 1.69. The van der Waals surface area contributed by atoms with Crippen molar-refractivity contribution in [1.29, 1.82) is 0 Å². The van der Waals surface area contributed by atoms with Gasteiger partial charge in [-0.3, -0.25) is 4.79 Å². The average Bonchev–Trinajstić information content (AvgIpc) is 2.99. The van der Waals surface area contributed by atoms with E-state index in [2.05, 4.69) is 29.6 Å². The van der Waals surface area contributed by atoms with Gasteiger partial charge in [0.2, 0.25) is 0 Å². The van der Waals surface area contributed by atoms with E-state index in [1.54, 1.807) is 0 Å². The van der Waals surface area contributed by atoms with Gasteiger partial charge >= 0.3 is 12.1 Å². The summed E-state index contributed by atoms with van der Waals surface area (Å²) in [4.78, 5) is 23.6. The molecule has 0 bridgehead atoms. The molecule has 0 heterocycles. The summed E-state index contributed by atoms with van der Waals surface area (Å²) in [5.74, 6) is -0.676. The van der Waals surface area contributed by atoms with E-state index in [1.807, 2.05) is 45.0 Å². The highest BCUT2D eigenvalue weighted by atomic mass is 16.5. The maximum absolute atomic E-state index is 12.4. The van der Waals surface area contributed by atoms with Crippen molar-refractivity contribution in [2.24, 2.45) is 11.8 Å². The monoisotopic (exact) mass is 381 g/mol. The molecule has 2 aromatic carbocycles. The lowest BCUT2D eigenvalue weighted by atomic mass is 9.88. The summed E-state index contributed by atoms with van der Waals surface area (Å²) in [7, 11) is 0. The second-order valence-electron chi connectivity index (χ2n) is 7.78. The van der Waals surface area contributed by atoms with Gasteiger partial charge in [0.05, 0.1) is 6.42 Å². The van der Waals surface area contributed by atoms with Gasteiger partial charge in [0.15, 0.2) is 0 Å². The molecule has 5 heteroatoms. The number of carboxylic acid groups (broad SMARTS) is 1. The van der Waals surface area contributed by atoms with Gasteiger partial charge in [0, 0.05) is 12.0 Å². The van der Waals surface area contributed by atoms with E-state index in [9.17, 15) is 9.59 Å². The van der Waals surface area contributed by atoms with Crippen LogP contribution in [0.15, 0.2) is 48.5 Å². The predicted molar refractivity (Wildman–Crippen MR) is 108 cm³/mol. The normalized spacial score (nSPS) is 14.9. The molecule has 2 aromatic rings. The zero-order valence-corrected chi connectivity index (χ0v) is 16.5. The van der Waals surface area contributed by atoms with Crippen molar-refractivity contribution in [3.05, 3.63) is 59.7 Å². The van der Waals surface area contributed by atoms with Crippen molar-refractivity contribution in [2.75, 3.05) is 6.61 Å². The molecule has 0 aromatic heterocycles. The number of rotatable bonds is 7. The van der Waals surface area contributed by atoms with Gasteiger partial charge in [-0.25, -0.2) is 4.79 Å². The fourth-order valence-electron chi connectivity index (χ4n) is 3.81. The Bertz CT molecular complexity index is 816. The van der Waals surface area contributed by atoms with Gasteiger partial charge in [-0.05, 0) is 34.1 Å². The second kappa shape index (κ2) is 8.46. The van der Waals surface area contributed by atoms with Gasteiger partial charge in [0.1, 0.15) is 6.61 Å². The van der Waals surface area contributed by atoms with E-state index in [1.165, 1.54) is 11.1 Å². The van der Waals surface area contributed by atoms with Crippen LogP contribution in [0.25, 0.3) is 11.1 Å². The largest absolute Gasteiger partial charge is 0.481 e. The molecule has 5 nitrogen and oxygen atoms in total. The molecule has 0 fully saturated rings. The number of alkyl carbamates (subject to hydrolysis) is 1. The lowest BCUT2D eigenvalue weighted by molar-refractivity contribution is -0.137. The Hall–Kier alpha value is -2.82. The van der Waals surface area contributed by atoms with Crippen LogP contribution in [-0.2, 0) is 9.53 Å².